The fraction of sp³-hybridized carbons (Fsp3) is 0.345. The average Bonchev–Trinajstić information content (AvgIpc) is 3.55. The highest BCUT2D eigenvalue weighted by Gasteiger charge is 2.37. The summed E-state index contributed by atoms with van der Waals surface area (Å²) in [5.41, 5.74) is 0.653. The topological polar surface area (TPSA) is 124 Å². The van der Waals surface area contributed by atoms with Crippen LogP contribution in [0.15, 0.2) is 39.8 Å². The molecule has 0 radical (unpaired) electrons. The predicted molar refractivity (Wildman–Crippen MR) is 151 cm³/mol. The van der Waals surface area contributed by atoms with Gasteiger partial charge in [0.1, 0.15) is 35.1 Å². The number of alkyl halides is 3. The molecule has 240 valence electrons. The summed E-state index contributed by atoms with van der Waals surface area (Å²) in [7, 11) is 0. The van der Waals surface area contributed by atoms with Gasteiger partial charge in [-0.1, -0.05) is 16.8 Å². The van der Waals surface area contributed by atoms with Gasteiger partial charge in [-0.05, 0) is 42.7 Å². The first-order chi connectivity index (χ1) is 22.0. The number of aromatic amines is 1. The Bertz CT molecular complexity index is 1980. The first-order valence-electron chi connectivity index (χ1n) is 14.1. The first kappa shape index (κ1) is 30.3. The van der Waals surface area contributed by atoms with Crippen molar-refractivity contribution in [3.8, 4) is 17.3 Å². The molecule has 0 spiro atoms. The highest BCUT2D eigenvalue weighted by atomic mass is 35.5. The zero-order valence-electron chi connectivity index (χ0n) is 23.7. The zero-order valence-corrected chi connectivity index (χ0v) is 24.5. The van der Waals surface area contributed by atoms with E-state index in [9.17, 15) is 26.7 Å². The molecule has 46 heavy (non-hydrogen) atoms. The second-order valence-electron chi connectivity index (χ2n) is 11.0. The van der Waals surface area contributed by atoms with Crippen molar-refractivity contribution in [3.05, 3.63) is 85.9 Å². The molecule has 0 aliphatic carbocycles. The number of ether oxygens (including phenoxy) is 2. The van der Waals surface area contributed by atoms with E-state index in [1.165, 1.54) is 0 Å². The Kier molecular flexibility index (Phi) is 7.73. The molecular formula is C29H23ClF5N7O4. The second-order valence-corrected chi connectivity index (χ2v) is 11.4. The number of hydrogen-bond acceptors (Lipinski definition) is 9. The fourth-order valence-electron chi connectivity index (χ4n) is 5.48. The maximum Gasteiger partial charge on any atom is 0.439 e. The van der Waals surface area contributed by atoms with Crippen molar-refractivity contribution in [1.82, 2.24) is 34.6 Å². The van der Waals surface area contributed by atoms with Crippen LogP contribution in [0.1, 0.15) is 34.6 Å². The smallest absolute Gasteiger partial charge is 0.439 e. The number of pyridine rings is 2. The van der Waals surface area contributed by atoms with E-state index in [0.717, 1.165) is 24.6 Å². The van der Waals surface area contributed by atoms with Gasteiger partial charge in [-0.25, -0.2) is 28.5 Å². The Labute approximate surface area is 260 Å². The number of rotatable bonds is 8. The summed E-state index contributed by atoms with van der Waals surface area (Å²) in [4.78, 5) is 29.4. The molecule has 7 rings (SSSR count). The van der Waals surface area contributed by atoms with Crippen molar-refractivity contribution in [3.63, 3.8) is 0 Å². The fourth-order valence-corrected chi connectivity index (χ4v) is 5.67. The Morgan fingerprint density at radius 2 is 1.91 bits per heavy atom. The SMILES string of the molecule is O=c1[nH]c(-c2cnc3c(c2)nc(CN2CCc4cc(C(F)(F)F)c(OCc5c(F)cc(Cl)cc5F)nc4C2)n3C[C@@H]2CCO2)no1. The summed E-state index contributed by atoms with van der Waals surface area (Å²) >= 11 is 5.66. The molecule has 1 atom stereocenters. The third-order valence-electron chi connectivity index (χ3n) is 7.91. The molecule has 1 fully saturated rings. The molecule has 0 bridgehead atoms. The molecule has 11 nitrogen and oxygen atoms in total. The highest BCUT2D eigenvalue weighted by molar-refractivity contribution is 6.30. The van der Waals surface area contributed by atoms with Gasteiger partial charge in [-0.3, -0.25) is 14.4 Å². The number of hydrogen-bond donors (Lipinski definition) is 1. The van der Waals surface area contributed by atoms with E-state index in [0.29, 0.717) is 60.1 Å². The summed E-state index contributed by atoms with van der Waals surface area (Å²) in [6, 6.07) is 4.40. The van der Waals surface area contributed by atoms with E-state index in [1.54, 1.807) is 12.3 Å². The number of nitrogens with zero attached hydrogens (tertiary/aromatic N) is 6. The Hall–Kier alpha value is -4.41. The van der Waals surface area contributed by atoms with E-state index in [4.69, 9.17) is 26.1 Å². The number of nitrogens with one attached hydrogen (secondary N) is 1. The molecule has 0 amide bonds. The van der Waals surface area contributed by atoms with Crippen LogP contribution in [0, 0.1) is 11.6 Å². The van der Waals surface area contributed by atoms with Crippen LogP contribution in [0.4, 0.5) is 22.0 Å². The van der Waals surface area contributed by atoms with E-state index < -0.39 is 47.2 Å². The van der Waals surface area contributed by atoms with Crippen LogP contribution in [0.5, 0.6) is 5.88 Å². The largest absolute Gasteiger partial charge is 0.472 e. The lowest BCUT2D eigenvalue weighted by Gasteiger charge is -2.30. The van der Waals surface area contributed by atoms with Crippen molar-refractivity contribution < 1.29 is 35.9 Å². The Balaban J connectivity index is 1.17. The minimum atomic E-state index is -4.81. The third-order valence-corrected chi connectivity index (χ3v) is 8.13. The molecule has 17 heteroatoms. The van der Waals surface area contributed by atoms with Crippen LogP contribution in [-0.2, 0) is 43.6 Å². The van der Waals surface area contributed by atoms with Crippen LogP contribution >= 0.6 is 11.6 Å². The molecule has 5 aromatic rings. The van der Waals surface area contributed by atoms with Gasteiger partial charge in [0.05, 0.1) is 30.5 Å². The van der Waals surface area contributed by atoms with Gasteiger partial charge >= 0.3 is 11.9 Å². The quantitative estimate of drug-likeness (QED) is 0.227. The van der Waals surface area contributed by atoms with Gasteiger partial charge < -0.3 is 14.0 Å². The highest BCUT2D eigenvalue weighted by Crippen LogP contribution is 2.38. The molecular weight excluding hydrogens is 641 g/mol. The summed E-state index contributed by atoms with van der Waals surface area (Å²) in [5.74, 6) is -2.73. The number of fused-ring (bicyclic) bond motifs is 2. The minimum absolute atomic E-state index is 0.0240. The van der Waals surface area contributed by atoms with E-state index in [-0.39, 0.29) is 29.9 Å². The molecule has 1 aromatic carbocycles. The van der Waals surface area contributed by atoms with E-state index >= 15 is 0 Å². The number of aromatic nitrogens is 6. The van der Waals surface area contributed by atoms with Crippen molar-refractivity contribution in [2.24, 2.45) is 0 Å². The van der Waals surface area contributed by atoms with Crippen molar-refractivity contribution in [1.29, 1.82) is 0 Å². The molecule has 6 heterocycles. The van der Waals surface area contributed by atoms with E-state index in [2.05, 4.69) is 24.6 Å². The summed E-state index contributed by atoms with van der Waals surface area (Å²) in [6.45, 7) is 1.20. The van der Waals surface area contributed by atoms with Crippen LogP contribution in [-0.4, -0.2) is 53.8 Å². The van der Waals surface area contributed by atoms with Crippen LogP contribution in [0.25, 0.3) is 22.6 Å². The molecule has 0 unspecified atom stereocenters. The number of halogens is 6. The molecule has 1 N–H and O–H groups in total. The maximum absolute atomic E-state index is 14.3. The van der Waals surface area contributed by atoms with Crippen molar-refractivity contribution >= 4 is 22.8 Å². The van der Waals surface area contributed by atoms with Crippen molar-refractivity contribution in [2.75, 3.05) is 13.2 Å². The number of imidazole rings is 1. The van der Waals surface area contributed by atoms with Gasteiger partial charge in [-0.15, -0.1) is 0 Å². The minimum Gasteiger partial charge on any atom is -0.472 e. The summed E-state index contributed by atoms with van der Waals surface area (Å²) in [5, 5.41) is 3.51. The Morgan fingerprint density at radius 1 is 1.13 bits per heavy atom. The number of H-pyrrole nitrogens is 1. The zero-order chi connectivity index (χ0) is 32.2. The van der Waals surface area contributed by atoms with Crippen LogP contribution in [0.2, 0.25) is 5.02 Å². The predicted octanol–water partition coefficient (Wildman–Crippen LogP) is 5.05. The van der Waals surface area contributed by atoms with Crippen LogP contribution in [0.3, 0.4) is 0 Å². The molecule has 2 aliphatic rings. The normalized spacial score (nSPS) is 16.9. The lowest BCUT2D eigenvalue weighted by molar-refractivity contribution is -0.139. The molecule has 2 aliphatic heterocycles. The van der Waals surface area contributed by atoms with Gasteiger partial charge in [-0.2, -0.15) is 13.2 Å². The molecule has 0 saturated carbocycles. The summed E-state index contributed by atoms with van der Waals surface area (Å²) < 4.78 is 88.1. The van der Waals surface area contributed by atoms with Crippen molar-refractivity contribution in [2.45, 2.75) is 51.4 Å². The van der Waals surface area contributed by atoms with Gasteiger partial charge in [0, 0.05) is 36.5 Å². The standard InChI is InChI=1S/C29H23ClF5N7O4/c30-16-7-20(31)18(21(32)8-16)13-45-27-19(29(33,34)35)5-14-1-3-41(11-23(14)38-27)12-24-37-22-6-15(25-39-28(43)46-40-25)9-36-26(22)42(24)10-17-2-4-44-17/h5-9,17H,1-4,10-13H2,(H,39,40,43)/t17-/m0/s1. The van der Waals surface area contributed by atoms with E-state index in [1.807, 2.05) is 9.47 Å². The Morgan fingerprint density at radius 3 is 2.59 bits per heavy atom. The third kappa shape index (κ3) is 5.94. The van der Waals surface area contributed by atoms with Gasteiger partial charge in [0.15, 0.2) is 11.5 Å². The van der Waals surface area contributed by atoms with Gasteiger partial charge in [0.2, 0.25) is 5.88 Å². The summed E-state index contributed by atoms with van der Waals surface area (Å²) in [6.07, 6.45) is -2.16. The van der Waals surface area contributed by atoms with Gasteiger partial charge in [0.25, 0.3) is 0 Å². The first-order valence-corrected chi connectivity index (χ1v) is 14.5. The second kappa shape index (κ2) is 11.7. The lowest BCUT2D eigenvalue weighted by atomic mass is 10.0. The lowest BCUT2D eigenvalue weighted by Crippen LogP contribution is -2.34. The van der Waals surface area contributed by atoms with Crippen LogP contribution < -0.4 is 10.5 Å². The number of benzene rings is 1. The average molecular weight is 664 g/mol. The molecule has 1 saturated heterocycles. The molecule has 4 aromatic heterocycles. The monoisotopic (exact) mass is 663 g/mol. The maximum atomic E-state index is 14.3.